The van der Waals surface area contributed by atoms with Crippen LogP contribution < -0.4 is 10.9 Å². The topological polar surface area (TPSA) is 107 Å². The molecule has 1 amide bonds. The molecule has 0 unspecified atom stereocenters. The molecule has 0 aliphatic rings. The van der Waals surface area contributed by atoms with E-state index in [0.29, 0.717) is 15.9 Å². The van der Waals surface area contributed by atoms with Crippen LogP contribution in [0, 0.1) is 17.0 Å². The maximum Gasteiger partial charge on any atom is 0.271 e. The first kappa shape index (κ1) is 18.1. The fourth-order valence-corrected chi connectivity index (χ4v) is 3.91. The molecule has 0 aliphatic heterocycles. The van der Waals surface area contributed by atoms with Gasteiger partial charge in [0.1, 0.15) is 10.5 Å². The standard InChI is InChI=1S/C18H11ClN4O4S/c1-9-3-2-6-22-15(9)21-17-11(18(22)25)8-14(28-17)16(24)20-13-5-4-10(23(26)27)7-12(13)19/h2-8H,1H3,(H,20,24). The van der Waals surface area contributed by atoms with Gasteiger partial charge >= 0.3 is 0 Å². The summed E-state index contributed by atoms with van der Waals surface area (Å²) < 4.78 is 1.44. The number of hydrogen-bond acceptors (Lipinski definition) is 6. The largest absolute Gasteiger partial charge is 0.320 e. The molecular formula is C18H11ClN4O4S. The molecule has 3 heterocycles. The number of pyridine rings is 1. The van der Waals surface area contributed by atoms with Gasteiger partial charge in [0.05, 0.1) is 25.9 Å². The summed E-state index contributed by atoms with van der Waals surface area (Å²) in [5.41, 5.74) is 1.18. The monoisotopic (exact) mass is 414 g/mol. The van der Waals surface area contributed by atoms with Gasteiger partial charge in [-0.1, -0.05) is 17.7 Å². The molecule has 0 radical (unpaired) electrons. The van der Waals surface area contributed by atoms with E-state index in [0.717, 1.165) is 23.0 Å². The van der Waals surface area contributed by atoms with E-state index in [2.05, 4.69) is 10.3 Å². The van der Waals surface area contributed by atoms with Gasteiger partial charge < -0.3 is 5.32 Å². The van der Waals surface area contributed by atoms with Gasteiger partial charge in [-0.05, 0) is 30.7 Å². The molecule has 0 atom stereocenters. The Morgan fingerprint density at radius 2 is 2.11 bits per heavy atom. The molecule has 4 aromatic rings. The number of carbonyl (C=O) groups excluding carboxylic acids is 1. The van der Waals surface area contributed by atoms with E-state index in [1.165, 1.54) is 22.6 Å². The van der Waals surface area contributed by atoms with Crippen LogP contribution in [-0.2, 0) is 0 Å². The van der Waals surface area contributed by atoms with Gasteiger partial charge in [0, 0.05) is 18.3 Å². The van der Waals surface area contributed by atoms with E-state index in [-0.39, 0.29) is 26.8 Å². The van der Waals surface area contributed by atoms with Crippen molar-refractivity contribution in [3.63, 3.8) is 0 Å². The van der Waals surface area contributed by atoms with Crippen LogP contribution >= 0.6 is 22.9 Å². The highest BCUT2D eigenvalue weighted by atomic mass is 35.5. The fourth-order valence-electron chi connectivity index (χ4n) is 2.77. The number of fused-ring (bicyclic) bond motifs is 2. The predicted octanol–water partition coefficient (Wildman–Crippen LogP) is 4.03. The van der Waals surface area contributed by atoms with Crippen molar-refractivity contribution < 1.29 is 9.72 Å². The van der Waals surface area contributed by atoms with Gasteiger partial charge in [-0.3, -0.25) is 24.1 Å². The van der Waals surface area contributed by atoms with Gasteiger partial charge in [0.25, 0.3) is 17.2 Å². The summed E-state index contributed by atoms with van der Waals surface area (Å²) in [6.07, 6.45) is 1.63. The smallest absolute Gasteiger partial charge is 0.271 e. The Kier molecular flexibility index (Phi) is 4.33. The van der Waals surface area contributed by atoms with E-state index in [4.69, 9.17) is 11.6 Å². The minimum absolute atomic E-state index is 0.0446. The number of nitrogens with zero attached hydrogens (tertiary/aromatic N) is 3. The first-order valence-electron chi connectivity index (χ1n) is 8.02. The second kappa shape index (κ2) is 6.70. The molecule has 140 valence electrons. The summed E-state index contributed by atoms with van der Waals surface area (Å²) in [6.45, 7) is 1.85. The van der Waals surface area contributed by atoms with Crippen LogP contribution in [0.15, 0.2) is 47.4 Å². The lowest BCUT2D eigenvalue weighted by atomic mass is 10.2. The number of halogens is 1. The summed E-state index contributed by atoms with van der Waals surface area (Å²) in [5, 5.41) is 13.8. The van der Waals surface area contributed by atoms with Crippen LogP contribution in [-0.4, -0.2) is 20.2 Å². The van der Waals surface area contributed by atoms with Gasteiger partial charge in [-0.2, -0.15) is 0 Å². The molecule has 0 spiro atoms. The zero-order chi connectivity index (χ0) is 20.0. The fraction of sp³-hybridized carbons (Fsp3) is 0.0556. The quantitative estimate of drug-likeness (QED) is 0.402. The van der Waals surface area contributed by atoms with Crippen LogP contribution in [0.5, 0.6) is 0 Å². The molecule has 0 saturated carbocycles. The van der Waals surface area contributed by atoms with Crippen molar-refractivity contribution in [3.05, 3.63) is 78.5 Å². The van der Waals surface area contributed by atoms with Crippen molar-refractivity contribution in [2.45, 2.75) is 6.92 Å². The zero-order valence-electron chi connectivity index (χ0n) is 14.3. The SMILES string of the molecule is Cc1cccn2c(=O)c3cc(C(=O)Nc4ccc([N+](=O)[O-])cc4Cl)sc3nc12. The number of amides is 1. The molecule has 28 heavy (non-hydrogen) atoms. The van der Waals surface area contributed by atoms with Gasteiger partial charge in [0.15, 0.2) is 0 Å². The lowest BCUT2D eigenvalue weighted by molar-refractivity contribution is -0.384. The number of nitrogens with one attached hydrogen (secondary N) is 1. The Bertz CT molecular complexity index is 1340. The number of rotatable bonds is 3. The molecule has 10 heteroatoms. The molecule has 8 nitrogen and oxygen atoms in total. The van der Waals surface area contributed by atoms with Crippen LogP contribution in [0.1, 0.15) is 15.2 Å². The average molecular weight is 415 g/mol. The molecule has 0 saturated heterocycles. The summed E-state index contributed by atoms with van der Waals surface area (Å²) in [6, 6.07) is 8.86. The third-order valence-corrected chi connectivity index (χ3v) is 5.51. The van der Waals surface area contributed by atoms with Crippen LogP contribution in [0.3, 0.4) is 0 Å². The van der Waals surface area contributed by atoms with Crippen LogP contribution in [0.25, 0.3) is 15.9 Å². The lowest BCUT2D eigenvalue weighted by Crippen LogP contribution is -2.14. The number of anilines is 1. The number of hydrogen-bond donors (Lipinski definition) is 1. The highest BCUT2D eigenvalue weighted by Crippen LogP contribution is 2.28. The van der Waals surface area contributed by atoms with Crippen LogP contribution in [0.2, 0.25) is 5.02 Å². The number of thiophene rings is 1. The second-order valence-electron chi connectivity index (χ2n) is 6.01. The zero-order valence-corrected chi connectivity index (χ0v) is 15.9. The molecule has 4 rings (SSSR count). The van der Waals surface area contributed by atoms with Crippen molar-refractivity contribution in [3.8, 4) is 0 Å². The number of nitro groups is 1. The number of aryl methyl sites for hydroxylation is 1. The van der Waals surface area contributed by atoms with Crippen molar-refractivity contribution in [2.75, 3.05) is 5.32 Å². The number of nitro benzene ring substituents is 1. The normalized spacial score (nSPS) is 11.1. The van der Waals surface area contributed by atoms with E-state index >= 15 is 0 Å². The minimum Gasteiger partial charge on any atom is -0.320 e. The van der Waals surface area contributed by atoms with Crippen molar-refractivity contribution in [2.24, 2.45) is 0 Å². The molecule has 0 fully saturated rings. The van der Waals surface area contributed by atoms with E-state index < -0.39 is 10.8 Å². The van der Waals surface area contributed by atoms with Crippen molar-refractivity contribution >= 4 is 56.1 Å². The summed E-state index contributed by atoms with van der Waals surface area (Å²) >= 11 is 7.10. The maximum atomic E-state index is 12.7. The van der Waals surface area contributed by atoms with Gasteiger partial charge in [0.2, 0.25) is 0 Å². The molecule has 0 bridgehead atoms. The number of aromatic nitrogens is 2. The van der Waals surface area contributed by atoms with Crippen LogP contribution in [0.4, 0.5) is 11.4 Å². The molecular weight excluding hydrogens is 404 g/mol. The highest BCUT2D eigenvalue weighted by molar-refractivity contribution is 7.20. The average Bonchev–Trinajstić information content (AvgIpc) is 3.09. The Balaban J connectivity index is 1.73. The first-order chi connectivity index (χ1) is 13.3. The Morgan fingerprint density at radius 3 is 2.82 bits per heavy atom. The first-order valence-corrected chi connectivity index (χ1v) is 9.21. The third-order valence-electron chi connectivity index (χ3n) is 4.17. The Hall–Kier alpha value is -3.30. The summed E-state index contributed by atoms with van der Waals surface area (Å²) in [5.74, 6) is -0.482. The molecule has 0 aliphatic carbocycles. The number of benzene rings is 1. The van der Waals surface area contributed by atoms with Gasteiger partial charge in [-0.25, -0.2) is 4.98 Å². The van der Waals surface area contributed by atoms with Gasteiger partial charge in [-0.15, -0.1) is 11.3 Å². The van der Waals surface area contributed by atoms with Crippen molar-refractivity contribution in [1.82, 2.24) is 9.38 Å². The molecule has 1 aromatic carbocycles. The third kappa shape index (κ3) is 3.00. The molecule has 3 aromatic heterocycles. The van der Waals surface area contributed by atoms with E-state index in [9.17, 15) is 19.7 Å². The summed E-state index contributed by atoms with van der Waals surface area (Å²) in [4.78, 5) is 40.7. The maximum absolute atomic E-state index is 12.7. The lowest BCUT2D eigenvalue weighted by Gasteiger charge is -2.05. The highest BCUT2D eigenvalue weighted by Gasteiger charge is 2.17. The molecule has 1 N–H and O–H groups in total. The number of non-ortho nitro benzene ring substituents is 1. The van der Waals surface area contributed by atoms with E-state index in [1.54, 1.807) is 12.3 Å². The van der Waals surface area contributed by atoms with E-state index in [1.807, 2.05) is 13.0 Å². The predicted molar refractivity (Wildman–Crippen MR) is 108 cm³/mol. The minimum atomic E-state index is -0.574. The van der Waals surface area contributed by atoms with Crippen molar-refractivity contribution in [1.29, 1.82) is 0 Å². The Morgan fingerprint density at radius 1 is 1.32 bits per heavy atom. The second-order valence-corrected chi connectivity index (χ2v) is 7.44. The Labute approximate surface area is 166 Å². The summed E-state index contributed by atoms with van der Waals surface area (Å²) in [7, 11) is 0. The number of carbonyl (C=O) groups is 1.